The Bertz CT molecular complexity index is 152. The minimum Gasteiger partial charge on any atom is -0.676 e. The van der Waals surface area contributed by atoms with Crippen molar-refractivity contribution in [2.24, 2.45) is 10.7 Å². The van der Waals surface area contributed by atoms with Crippen LogP contribution in [-0.2, 0) is 37.4 Å². The molecule has 0 amide bonds. The third-order valence-corrected chi connectivity index (χ3v) is 0.836. The summed E-state index contributed by atoms with van der Waals surface area (Å²) in [5.74, 6) is 0. The van der Waals surface area contributed by atoms with Crippen molar-refractivity contribution in [1.82, 2.24) is 5.32 Å². The Balaban J connectivity index is -0.000000376. The van der Waals surface area contributed by atoms with E-state index in [1.807, 2.05) is 0 Å². The van der Waals surface area contributed by atoms with Crippen LogP contribution in [-0.4, -0.2) is 37.7 Å². The molecule has 6 nitrogen and oxygen atoms in total. The van der Waals surface area contributed by atoms with E-state index in [1.165, 1.54) is 0 Å². The summed E-state index contributed by atoms with van der Waals surface area (Å²) in [6.07, 6.45) is 8.00. The quantitative estimate of drug-likeness (QED) is 0.268. The van der Waals surface area contributed by atoms with Crippen LogP contribution in [0.2, 0.25) is 0 Å². The van der Waals surface area contributed by atoms with Gasteiger partial charge in [0.2, 0.25) is 0 Å². The van der Waals surface area contributed by atoms with Crippen LogP contribution in [0.3, 0.4) is 0 Å². The van der Waals surface area contributed by atoms with Crippen LogP contribution >= 0.6 is 0 Å². The Morgan fingerprint density at radius 3 is 2.50 bits per heavy atom. The van der Waals surface area contributed by atoms with E-state index < -0.39 is 0 Å². The van der Waals surface area contributed by atoms with E-state index in [9.17, 15) is 0 Å². The molecule has 14 heavy (non-hydrogen) atoms. The molecule has 0 spiro atoms. The summed E-state index contributed by atoms with van der Waals surface area (Å²) in [5.41, 5.74) is 11.9. The Morgan fingerprint density at radius 1 is 1.57 bits per heavy atom. The van der Waals surface area contributed by atoms with Crippen molar-refractivity contribution in [2.75, 3.05) is 26.6 Å². The standard InChI is InChI=1S/C5H13N4O2.C2H2.Y/c6-1-2-8-5(9-4-10)11-3-7;1-2;/h6,10H,1-4,7H2,(H,8,9);1-2H;/q-1;;. The molecule has 0 saturated carbocycles. The third-order valence-electron chi connectivity index (χ3n) is 0.836. The van der Waals surface area contributed by atoms with Gasteiger partial charge in [0.1, 0.15) is 13.5 Å². The molecular formula is C7H15N4O2Y-. The molecule has 0 aromatic carbocycles. The van der Waals surface area contributed by atoms with Crippen LogP contribution < -0.4 is 11.1 Å². The van der Waals surface area contributed by atoms with Crippen molar-refractivity contribution in [2.45, 2.75) is 0 Å². The van der Waals surface area contributed by atoms with Crippen molar-refractivity contribution in [1.29, 1.82) is 0 Å². The molecule has 0 atom stereocenters. The van der Waals surface area contributed by atoms with Crippen LogP contribution in [0.4, 0.5) is 0 Å². The molecule has 0 aromatic heterocycles. The first-order chi connectivity index (χ1) is 6.35. The van der Waals surface area contributed by atoms with Gasteiger partial charge in [-0.1, -0.05) is 0 Å². The van der Waals surface area contributed by atoms with E-state index in [4.69, 9.17) is 21.3 Å². The van der Waals surface area contributed by atoms with Gasteiger partial charge in [0.05, 0.1) is 0 Å². The summed E-state index contributed by atoms with van der Waals surface area (Å²) >= 11 is 0. The first kappa shape index (κ1) is 19.4. The average molecular weight is 276 g/mol. The van der Waals surface area contributed by atoms with Crippen LogP contribution in [0.15, 0.2) is 4.99 Å². The van der Waals surface area contributed by atoms with Crippen LogP contribution in [0.1, 0.15) is 0 Å². The summed E-state index contributed by atoms with van der Waals surface area (Å²) < 4.78 is 4.76. The topological polar surface area (TPSA) is 104 Å². The number of aliphatic imine (C=N–C) groups is 1. The predicted molar refractivity (Wildman–Crippen MR) is 51.7 cm³/mol. The number of rotatable bonds is 4. The molecule has 0 heterocycles. The predicted octanol–water partition coefficient (Wildman–Crippen LogP) is -0.886. The molecule has 0 rings (SSSR count). The molecular weight excluding hydrogens is 261 g/mol. The minimum atomic E-state index is -0.347. The van der Waals surface area contributed by atoms with Gasteiger partial charge in [-0.05, 0) is 0 Å². The van der Waals surface area contributed by atoms with Gasteiger partial charge in [0.15, 0.2) is 0 Å². The largest absolute Gasteiger partial charge is 0.676 e. The molecule has 0 aliphatic rings. The number of amidine groups is 1. The molecule has 0 aliphatic heterocycles. The van der Waals surface area contributed by atoms with Gasteiger partial charge in [0, 0.05) is 39.3 Å². The van der Waals surface area contributed by atoms with Crippen molar-refractivity contribution in [3.8, 4) is 12.8 Å². The first-order valence-electron chi connectivity index (χ1n) is 3.55. The number of hydrogen-bond acceptors (Lipinski definition) is 4. The van der Waals surface area contributed by atoms with Crippen LogP contribution in [0.25, 0.3) is 5.73 Å². The fraction of sp³-hybridized carbons (Fsp3) is 0.571. The van der Waals surface area contributed by atoms with E-state index in [2.05, 4.69) is 23.2 Å². The second-order valence-corrected chi connectivity index (χ2v) is 1.59. The Hall–Kier alpha value is -0.186. The van der Waals surface area contributed by atoms with Crippen LogP contribution in [0, 0.1) is 12.8 Å². The number of aliphatic hydroxyl groups excluding tert-OH is 1. The molecule has 0 aliphatic carbocycles. The molecule has 0 bridgehead atoms. The van der Waals surface area contributed by atoms with Crippen molar-refractivity contribution < 1.29 is 42.6 Å². The Labute approximate surface area is 109 Å². The molecule has 0 saturated heterocycles. The maximum absolute atomic E-state index is 8.37. The molecule has 0 unspecified atom stereocenters. The number of nitrogens with zero attached hydrogens (tertiary/aromatic N) is 1. The van der Waals surface area contributed by atoms with Crippen molar-refractivity contribution >= 4 is 6.02 Å². The van der Waals surface area contributed by atoms with Gasteiger partial charge < -0.3 is 20.9 Å². The third kappa shape index (κ3) is 14.3. The Morgan fingerprint density at radius 2 is 2.14 bits per heavy atom. The zero-order valence-corrected chi connectivity index (χ0v) is 10.8. The molecule has 5 N–H and O–H groups in total. The number of ether oxygens (including phenoxy) is 1. The van der Waals surface area contributed by atoms with Crippen LogP contribution in [0.5, 0.6) is 0 Å². The normalized spacial score (nSPS) is 9.07. The van der Waals surface area contributed by atoms with Gasteiger partial charge in [-0.15, -0.1) is 19.4 Å². The Kier molecular flexibility index (Phi) is 25.7. The number of terminal acetylenes is 1. The summed E-state index contributed by atoms with van der Waals surface area (Å²) in [6, 6.07) is 0.183. The molecule has 0 aromatic rings. The minimum absolute atomic E-state index is 0. The molecule has 79 valence electrons. The average Bonchev–Trinajstić information content (AvgIpc) is 2.18. The first-order valence-corrected chi connectivity index (χ1v) is 3.55. The monoisotopic (exact) mass is 276 g/mol. The van der Waals surface area contributed by atoms with Crippen molar-refractivity contribution in [3.05, 3.63) is 5.73 Å². The summed E-state index contributed by atoms with van der Waals surface area (Å²) in [6.45, 7) is 0.307. The smallest absolute Gasteiger partial charge is 0.288 e. The molecule has 1 radical (unpaired) electrons. The summed E-state index contributed by atoms with van der Waals surface area (Å²) in [5, 5.41) is 11.0. The fourth-order valence-corrected chi connectivity index (χ4v) is 0.465. The van der Waals surface area contributed by atoms with Gasteiger partial charge in [-0.25, -0.2) is 4.99 Å². The van der Waals surface area contributed by atoms with Gasteiger partial charge in [0.25, 0.3) is 6.02 Å². The van der Waals surface area contributed by atoms with Gasteiger partial charge in [-0.2, -0.15) is 0 Å². The fourth-order valence-electron chi connectivity index (χ4n) is 0.465. The van der Waals surface area contributed by atoms with E-state index in [-0.39, 0.29) is 58.7 Å². The molecule has 7 heteroatoms. The van der Waals surface area contributed by atoms with E-state index in [0.29, 0.717) is 6.54 Å². The van der Waals surface area contributed by atoms with Gasteiger partial charge in [-0.3, -0.25) is 5.73 Å². The second-order valence-electron chi connectivity index (χ2n) is 1.59. The maximum Gasteiger partial charge on any atom is 0.288 e. The van der Waals surface area contributed by atoms with E-state index in [1.54, 1.807) is 0 Å². The summed E-state index contributed by atoms with van der Waals surface area (Å²) in [4.78, 5) is 3.53. The SMILES string of the molecule is C#C.[NH-]CCN/C(=N/CO)OCN.[Y]. The number of hydrogen-bond donors (Lipinski definition) is 3. The summed E-state index contributed by atoms with van der Waals surface area (Å²) in [7, 11) is 0. The van der Waals surface area contributed by atoms with Crippen molar-refractivity contribution in [3.63, 3.8) is 0 Å². The maximum atomic E-state index is 8.37. The number of aliphatic hydroxyl groups is 1. The van der Waals surface area contributed by atoms with E-state index >= 15 is 0 Å². The molecule has 0 fully saturated rings. The second kappa shape index (κ2) is 18.6. The zero-order valence-electron chi connectivity index (χ0n) is 7.94. The number of nitrogens with one attached hydrogen (secondary N) is 2. The zero-order chi connectivity index (χ0) is 10.5. The number of nitrogens with two attached hydrogens (primary N) is 1. The van der Waals surface area contributed by atoms with E-state index in [0.717, 1.165) is 0 Å². The van der Waals surface area contributed by atoms with Gasteiger partial charge >= 0.3 is 0 Å².